The summed E-state index contributed by atoms with van der Waals surface area (Å²) >= 11 is 0. The number of benzene rings is 2. The minimum absolute atomic E-state index is 0.0389. The van der Waals surface area contributed by atoms with Gasteiger partial charge in [0.2, 0.25) is 5.91 Å². The zero-order valence-electron chi connectivity index (χ0n) is 16.2. The van der Waals surface area contributed by atoms with Gasteiger partial charge < -0.3 is 19.6 Å². The number of carbonyl (C=O) groups is 2. The van der Waals surface area contributed by atoms with E-state index >= 15 is 0 Å². The number of rotatable bonds is 7. The van der Waals surface area contributed by atoms with Crippen molar-refractivity contribution in [3.8, 4) is 0 Å². The van der Waals surface area contributed by atoms with E-state index in [4.69, 9.17) is 4.52 Å². The number of nitrogens with one attached hydrogen (secondary N) is 1. The fourth-order valence-electron chi connectivity index (χ4n) is 3.74. The molecule has 7 nitrogen and oxygen atoms in total. The summed E-state index contributed by atoms with van der Waals surface area (Å²) < 4.78 is 4.75. The van der Waals surface area contributed by atoms with E-state index in [1.165, 1.54) is 19.1 Å². The van der Waals surface area contributed by atoms with Crippen LogP contribution in [0.2, 0.25) is 0 Å². The van der Waals surface area contributed by atoms with Gasteiger partial charge in [-0.25, -0.2) is 0 Å². The number of fused-ring (bicyclic) bond motifs is 1. The van der Waals surface area contributed by atoms with Crippen molar-refractivity contribution < 1.29 is 14.1 Å². The van der Waals surface area contributed by atoms with Gasteiger partial charge in [-0.2, -0.15) is 0 Å². The Kier molecular flexibility index (Phi) is 5.86. The van der Waals surface area contributed by atoms with Crippen LogP contribution in [0.25, 0.3) is 10.8 Å². The van der Waals surface area contributed by atoms with Crippen LogP contribution in [-0.2, 0) is 4.79 Å². The van der Waals surface area contributed by atoms with Crippen molar-refractivity contribution in [3.05, 3.63) is 60.4 Å². The number of nitrogens with zero attached hydrogens (tertiary/aromatic N) is 3. The molecule has 0 aliphatic carbocycles. The molecule has 2 aromatic carbocycles. The lowest BCUT2D eigenvalue weighted by molar-refractivity contribution is -0.117. The number of likely N-dealkylation sites (tertiary alicyclic amines) is 1. The molecule has 0 bridgehead atoms. The quantitative estimate of drug-likeness (QED) is 0.669. The average molecular weight is 392 g/mol. The molecule has 150 valence electrons. The van der Waals surface area contributed by atoms with Crippen molar-refractivity contribution in [1.82, 2.24) is 15.0 Å². The standard InChI is InChI=1S/C22H24N4O3/c27-21(23-20-10-15-29-24-20)16-26(14-13-25-11-3-4-12-25)22(28)19-9-5-7-17-6-1-2-8-18(17)19/h1-2,5-10,15H,3-4,11-14,16H2,(H,23,24,27). The molecular weight excluding hydrogens is 368 g/mol. The monoisotopic (exact) mass is 392 g/mol. The number of hydrogen-bond donors (Lipinski definition) is 1. The molecule has 7 heteroatoms. The van der Waals surface area contributed by atoms with E-state index in [-0.39, 0.29) is 18.4 Å². The smallest absolute Gasteiger partial charge is 0.254 e. The van der Waals surface area contributed by atoms with Gasteiger partial charge >= 0.3 is 0 Å². The fraction of sp³-hybridized carbons (Fsp3) is 0.318. The van der Waals surface area contributed by atoms with E-state index in [9.17, 15) is 9.59 Å². The van der Waals surface area contributed by atoms with Crippen LogP contribution in [0.5, 0.6) is 0 Å². The van der Waals surface area contributed by atoms with Gasteiger partial charge in [-0.3, -0.25) is 9.59 Å². The van der Waals surface area contributed by atoms with Crippen LogP contribution in [0.4, 0.5) is 5.82 Å². The first-order valence-electron chi connectivity index (χ1n) is 9.90. The second kappa shape index (κ2) is 8.87. The first-order valence-corrected chi connectivity index (χ1v) is 9.90. The van der Waals surface area contributed by atoms with Crippen molar-refractivity contribution in [2.45, 2.75) is 12.8 Å². The highest BCUT2D eigenvalue weighted by Gasteiger charge is 2.22. The van der Waals surface area contributed by atoms with Crippen molar-refractivity contribution in [2.75, 3.05) is 38.0 Å². The predicted octanol–water partition coefficient (Wildman–Crippen LogP) is 3.00. The minimum Gasteiger partial charge on any atom is -0.363 e. The zero-order valence-corrected chi connectivity index (χ0v) is 16.2. The first kappa shape index (κ1) is 19.1. The lowest BCUT2D eigenvalue weighted by Gasteiger charge is -2.25. The van der Waals surface area contributed by atoms with E-state index in [0.29, 0.717) is 17.9 Å². The molecule has 1 fully saturated rings. The van der Waals surface area contributed by atoms with Crippen LogP contribution in [-0.4, -0.2) is 59.5 Å². The zero-order chi connectivity index (χ0) is 20.1. The van der Waals surface area contributed by atoms with Gasteiger partial charge in [0.15, 0.2) is 5.82 Å². The Balaban J connectivity index is 1.54. The van der Waals surface area contributed by atoms with Crippen LogP contribution < -0.4 is 5.32 Å². The van der Waals surface area contributed by atoms with Crippen LogP contribution in [0.15, 0.2) is 59.3 Å². The van der Waals surface area contributed by atoms with E-state index in [1.54, 1.807) is 11.0 Å². The Bertz CT molecular complexity index is 975. The number of amides is 2. The maximum atomic E-state index is 13.4. The number of anilines is 1. The molecule has 0 unspecified atom stereocenters. The molecule has 1 saturated heterocycles. The van der Waals surface area contributed by atoms with Gasteiger partial charge in [0.05, 0.1) is 0 Å². The Morgan fingerprint density at radius 3 is 2.66 bits per heavy atom. The number of hydrogen-bond acceptors (Lipinski definition) is 5. The molecule has 0 spiro atoms. The normalized spacial score (nSPS) is 14.2. The summed E-state index contributed by atoms with van der Waals surface area (Å²) in [6.45, 7) is 3.30. The summed E-state index contributed by atoms with van der Waals surface area (Å²) in [6.07, 6.45) is 3.76. The highest BCUT2D eigenvalue weighted by atomic mass is 16.5. The maximum absolute atomic E-state index is 13.4. The molecule has 1 N–H and O–H groups in total. The Morgan fingerprint density at radius 2 is 1.86 bits per heavy atom. The third kappa shape index (κ3) is 4.63. The summed E-state index contributed by atoms with van der Waals surface area (Å²) in [6, 6.07) is 15.1. The summed E-state index contributed by atoms with van der Waals surface area (Å²) in [4.78, 5) is 29.9. The molecule has 4 rings (SSSR count). The number of carbonyl (C=O) groups excluding carboxylic acids is 2. The molecule has 1 aliphatic rings. The Morgan fingerprint density at radius 1 is 1.07 bits per heavy atom. The van der Waals surface area contributed by atoms with Crippen LogP contribution in [0.3, 0.4) is 0 Å². The molecule has 2 heterocycles. The SMILES string of the molecule is O=C(CN(CCN1CCCC1)C(=O)c1cccc2ccccc12)Nc1ccon1. The van der Waals surface area contributed by atoms with E-state index in [2.05, 4.69) is 15.4 Å². The molecule has 0 radical (unpaired) electrons. The highest BCUT2D eigenvalue weighted by Crippen LogP contribution is 2.20. The van der Waals surface area contributed by atoms with Crippen molar-refractivity contribution in [2.24, 2.45) is 0 Å². The van der Waals surface area contributed by atoms with Gasteiger partial charge in [-0.15, -0.1) is 0 Å². The summed E-state index contributed by atoms with van der Waals surface area (Å²) in [7, 11) is 0. The summed E-state index contributed by atoms with van der Waals surface area (Å²) in [5.41, 5.74) is 0.610. The molecule has 1 aliphatic heterocycles. The Hall–Kier alpha value is -3.19. The lowest BCUT2D eigenvalue weighted by Crippen LogP contribution is -2.42. The van der Waals surface area contributed by atoms with Crippen LogP contribution >= 0.6 is 0 Å². The van der Waals surface area contributed by atoms with Gasteiger partial charge in [0.25, 0.3) is 5.91 Å². The fourth-order valence-corrected chi connectivity index (χ4v) is 3.74. The van der Waals surface area contributed by atoms with Crippen molar-refractivity contribution in [3.63, 3.8) is 0 Å². The topological polar surface area (TPSA) is 78.7 Å². The molecule has 2 amide bonds. The van der Waals surface area contributed by atoms with Crippen molar-refractivity contribution in [1.29, 1.82) is 0 Å². The maximum Gasteiger partial charge on any atom is 0.254 e. The van der Waals surface area contributed by atoms with E-state index < -0.39 is 0 Å². The second-order valence-corrected chi connectivity index (χ2v) is 7.24. The average Bonchev–Trinajstić information content (AvgIpc) is 3.44. The van der Waals surface area contributed by atoms with Gasteiger partial charge in [-0.1, -0.05) is 41.6 Å². The lowest BCUT2D eigenvalue weighted by atomic mass is 10.0. The molecule has 3 aromatic rings. The predicted molar refractivity (Wildman–Crippen MR) is 111 cm³/mol. The van der Waals surface area contributed by atoms with Crippen LogP contribution in [0.1, 0.15) is 23.2 Å². The van der Waals surface area contributed by atoms with Gasteiger partial charge in [-0.05, 0) is 42.8 Å². The molecule has 1 aromatic heterocycles. The molecule has 29 heavy (non-hydrogen) atoms. The second-order valence-electron chi connectivity index (χ2n) is 7.24. The van der Waals surface area contributed by atoms with Gasteiger partial charge in [0.1, 0.15) is 12.8 Å². The molecule has 0 atom stereocenters. The van der Waals surface area contributed by atoms with Crippen molar-refractivity contribution >= 4 is 28.4 Å². The van der Waals surface area contributed by atoms with Gasteiger partial charge in [0, 0.05) is 24.7 Å². The van der Waals surface area contributed by atoms with E-state index in [1.807, 2.05) is 42.5 Å². The first-order chi connectivity index (χ1) is 14.2. The Labute approximate surface area is 169 Å². The number of aromatic nitrogens is 1. The van der Waals surface area contributed by atoms with Crippen LogP contribution in [0, 0.1) is 0 Å². The third-order valence-corrected chi connectivity index (χ3v) is 5.23. The largest absolute Gasteiger partial charge is 0.363 e. The molecule has 0 saturated carbocycles. The highest BCUT2D eigenvalue weighted by molar-refractivity contribution is 6.08. The summed E-state index contributed by atoms with van der Waals surface area (Å²) in [5, 5.41) is 8.27. The van der Waals surface area contributed by atoms with E-state index in [0.717, 1.165) is 30.4 Å². The third-order valence-electron chi connectivity index (χ3n) is 5.23. The summed E-state index contributed by atoms with van der Waals surface area (Å²) in [5.74, 6) is -0.0997. The minimum atomic E-state index is -0.297. The molecular formula is C22H24N4O3.